The number of aryl methyl sites for hydroxylation is 2. The van der Waals surface area contributed by atoms with Crippen molar-refractivity contribution < 1.29 is 0 Å². The van der Waals surface area contributed by atoms with Gasteiger partial charge in [-0.05, 0) is 84.7 Å². The van der Waals surface area contributed by atoms with Crippen LogP contribution in [0.1, 0.15) is 22.8 Å². The molecule has 0 aliphatic carbocycles. The normalized spacial score (nSPS) is 12.4. The summed E-state index contributed by atoms with van der Waals surface area (Å²) < 4.78 is 4.02. The lowest BCUT2D eigenvalue weighted by atomic mass is 10.0. The lowest BCUT2D eigenvalue weighted by Gasteiger charge is -2.09. The minimum atomic E-state index is 0.796. The molecule has 52 heavy (non-hydrogen) atoms. The minimum Gasteiger partial charge on any atom is -0.354 e. The molecule has 0 spiro atoms. The van der Waals surface area contributed by atoms with Gasteiger partial charge in [0.05, 0.1) is 22.8 Å². The molecule has 5 heterocycles. The Bertz CT molecular complexity index is 2570. The Morgan fingerprint density at radius 1 is 0.365 bits per heavy atom. The van der Waals surface area contributed by atoms with E-state index < -0.39 is 0 Å². The van der Waals surface area contributed by atoms with E-state index in [2.05, 4.69) is 195 Å². The quantitative estimate of drug-likeness (QED) is 0.185. The lowest BCUT2D eigenvalue weighted by Crippen LogP contribution is -1.91. The molecule has 0 radical (unpaired) electrons. The van der Waals surface area contributed by atoms with Gasteiger partial charge in [-0.15, -0.1) is 0 Å². The van der Waals surface area contributed by atoms with Gasteiger partial charge in [-0.3, -0.25) is 4.98 Å². The van der Waals surface area contributed by atoms with E-state index in [1.807, 2.05) is 12.1 Å². The zero-order chi connectivity index (χ0) is 35.3. The van der Waals surface area contributed by atoms with Gasteiger partial charge in [0.1, 0.15) is 0 Å². The van der Waals surface area contributed by atoms with Gasteiger partial charge in [0, 0.05) is 73.3 Å². The zero-order valence-electron chi connectivity index (χ0n) is 27.5. The fraction of sp³-hybridized carbons (Fsp3) is 0.0455. The standard InChI is InChI=1S/C44H28Br4N4/c45-29-13-5-1-9-25(29)41-33-17-19-35(49-33)42(26-10-2-6-14-30(26)46)37-21-23-39(51-37)44(28-12-4-8-16-32(28)48)40-24-22-38(52-40)43(36-20-18-34(41)50-36)27-11-3-7-15-31(27)47/h1-21,23,50-51H,22,24H2. The van der Waals surface area contributed by atoms with Crippen molar-refractivity contribution in [2.45, 2.75) is 12.8 Å². The van der Waals surface area contributed by atoms with Crippen molar-refractivity contribution in [3.63, 3.8) is 0 Å². The first-order valence-corrected chi connectivity index (χ1v) is 20.1. The Kier molecular flexibility index (Phi) is 8.95. The molecule has 4 aromatic carbocycles. The van der Waals surface area contributed by atoms with Crippen molar-refractivity contribution in [3.05, 3.63) is 162 Å². The number of aromatic amines is 2. The van der Waals surface area contributed by atoms with E-state index in [0.29, 0.717) is 0 Å². The topological polar surface area (TPSA) is 57.4 Å². The van der Waals surface area contributed by atoms with Crippen LogP contribution in [0, 0.1) is 0 Å². The van der Waals surface area contributed by atoms with E-state index in [-0.39, 0.29) is 0 Å². The molecular weight excluding hydrogens is 904 g/mol. The number of nitrogens with one attached hydrogen (secondary N) is 2. The summed E-state index contributed by atoms with van der Waals surface area (Å²) in [6, 6.07) is 42.1. The minimum absolute atomic E-state index is 0.796. The maximum Gasteiger partial charge on any atom is 0.0737 e. The van der Waals surface area contributed by atoms with Crippen molar-refractivity contribution >= 4 is 97.9 Å². The van der Waals surface area contributed by atoms with Crippen LogP contribution in [-0.2, 0) is 12.8 Å². The SMILES string of the molecule is Brc1ccccc1-c1c2nc(c(-c3ccccc3Br)c3ccc([nH]3)c(-c3ccccc3Br)c3nc(c(-c4ccccc4Br)c4ccc1[nH]4)CC3)C=C2. The number of hydrogen-bond donors (Lipinski definition) is 2. The van der Waals surface area contributed by atoms with Crippen molar-refractivity contribution in [3.8, 4) is 44.5 Å². The summed E-state index contributed by atoms with van der Waals surface area (Å²) in [5.74, 6) is 0. The van der Waals surface area contributed by atoms with E-state index in [1.54, 1.807) is 0 Å². The van der Waals surface area contributed by atoms with Crippen LogP contribution in [0.4, 0.5) is 0 Å². The Balaban J connectivity index is 1.51. The zero-order valence-corrected chi connectivity index (χ0v) is 33.9. The monoisotopic (exact) mass is 928 g/mol. The third kappa shape index (κ3) is 5.96. The van der Waals surface area contributed by atoms with Crippen LogP contribution >= 0.6 is 63.7 Å². The number of benzene rings is 4. The summed E-state index contributed by atoms with van der Waals surface area (Å²) in [5.41, 5.74) is 16.2. The van der Waals surface area contributed by atoms with Crippen LogP contribution in [0.3, 0.4) is 0 Å². The number of rotatable bonds is 4. The van der Waals surface area contributed by atoms with E-state index >= 15 is 0 Å². The second kappa shape index (κ2) is 13.9. The molecule has 2 aliphatic rings. The summed E-state index contributed by atoms with van der Waals surface area (Å²) in [6.45, 7) is 0. The maximum absolute atomic E-state index is 5.51. The molecule has 4 nitrogen and oxygen atoms in total. The van der Waals surface area contributed by atoms with Crippen molar-refractivity contribution in [1.82, 2.24) is 19.9 Å². The van der Waals surface area contributed by atoms with Gasteiger partial charge in [0.25, 0.3) is 0 Å². The molecule has 2 aliphatic heterocycles. The smallest absolute Gasteiger partial charge is 0.0737 e. The highest BCUT2D eigenvalue weighted by Gasteiger charge is 2.23. The van der Waals surface area contributed by atoms with Crippen LogP contribution in [0.15, 0.2) is 139 Å². The Morgan fingerprint density at radius 3 is 1.02 bits per heavy atom. The van der Waals surface area contributed by atoms with Crippen molar-refractivity contribution in [2.24, 2.45) is 0 Å². The second-order valence-electron chi connectivity index (χ2n) is 12.7. The largest absolute Gasteiger partial charge is 0.354 e. The van der Waals surface area contributed by atoms with E-state index in [1.165, 1.54) is 0 Å². The third-order valence-electron chi connectivity index (χ3n) is 9.62. The summed E-state index contributed by atoms with van der Waals surface area (Å²) in [5, 5.41) is 0. The van der Waals surface area contributed by atoms with Gasteiger partial charge >= 0.3 is 0 Å². The average molecular weight is 932 g/mol. The molecule has 8 heteroatoms. The van der Waals surface area contributed by atoms with Gasteiger partial charge in [-0.1, -0.05) is 137 Å². The molecule has 7 aromatic rings. The summed E-state index contributed by atoms with van der Waals surface area (Å²) >= 11 is 15.5. The van der Waals surface area contributed by atoms with E-state index in [0.717, 1.165) is 120 Å². The molecule has 0 amide bonds. The molecular formula is C44H28Br4N4. The van der Waals surface area contributed by atoms with Crippen LogP contribution < -0.4 is 0 Å². The van der Waals surface area contributed by atoms with Gasteiger partial charge in [-0.2, -0.15) is 0 Å². The number of H-pyrrole nitrogens is 2. The van der Waals surface area contributed by atoms with Gasteiger partial charge in [0.15, 0.2) is 0 Å². The molecule has 0 fully saturated rings. The Morgan fingerprint density at radius 2 is 0.673 bits per heavy atom. The average Bonchev–Trinajstić information content (AvgIpc) is 3.99. The third-order valence-corrected chi connectivity index (χ3v) is 12.4. The number of fused-ring (bicyclic) bond motifs is 8. The number of nitrogens with zero attached hydrogens (tertiary/aromatic N) is 2. The van der Waals surface area contributed by atoms with Crippen molar-refractivity contribution in [2.75, 3.05) is 0 Å². The van der Waals surface area contributed by atoms with Gasteiger partial charge in [-0.25, -0.2) is 4.98 Å². The molecule has 2 N–H and O–H groups in total. The summed E-state index contributed by atoms with van der Waals surface area (Å²) in [7, 11) is 0. The first kappa shape index (κ1) is 33.5. The molecule has 0 saturated heterocycles. The predicted octanol–water partition coefficient (Wildman–Crippen LogP) is 14.0. The predicted molar refractivity (Wildman–Crippen MR) is 230 cm³/mol. The van der Waals surface area contributed by atoms with Crippen LogP contribution in [-0.4, -0.2) is 19.9 Å². The highest BCUT2D eigenvalue weighted by atomic mass is 79.9. The fourth-order valence-electron chi connectivity index (χ4n) is 7.30. The number of hydrogen-bond acceptors (Lipinski definition) is 2. The lowest BCUT2D eigenvalue weighted by molar-refractivity contribution is 1.03. The number of halogens is 4. The van der Waals surface area contributed by atoms with E-state index in [9.17, 15) is 0 Å². The van der Waals surface area contributed by atoms with Gasteiger partial charge < -0.3 is 9.97 Å². The Labute approximate surface area is 334 Å². The first-order chi connectivity index (χ1) is 25.4. The van der Waals surface area contributed by atoms with Crippen LogP contribution in [0.5, 0.6) is 0 Å². The van der Waals surface area contributed by atoms with Crippen molar-refractivity contribution in [1.29, 1.82) is 0 Å². The highest BCUT2D eigenvalue weighted by molar-refractivity contribution is 9.11. The molecule has 8 bridgehead atoms. The molecule has 252 valence electrons. The first-order valence-electron chi connectivity index (χ1n) is 16.9. The molecule has 9 rings (SSSR count). The highest BCUT2D eigenvalue weighted by Crippen LogP contribution is 2.42. The maximum atomic E-state index is 5.51. The Hall–Kier alpha value is -4.34. The number of aromatic nitrogens is 4. The molecule has 0 unspecified atom stereocenters. The molecule has 0 atom stereocenters. The summed E-state index contributed by atoms with van der Waals surface area (Å²) in [4.78, 5) is 18.6. The van der Waals surface area contributed by atoms with E-state index in [4.69, 9.17) is 9.97 Å². The van der Waals surface area contributed by atoms with Crippen LogP contribution in [0.2, 0.25) is 0 Å². The van der Waals surface area contributed by atoms with Gasteiger partial charge in [0.2, 0.25) is 0 Å². The molecule has 3 aromatic heterocycles. The summed E-state index contributed by atoms with van der Waals surface area (Å²) in [6.07, 6.45) is 5.85. The van der Waals surface area contributed by atoms with Crippen LogP contribution in [0.25, 0.3) is 78.7 Å². The molecule has 0 saturated carbocycles. The fourth-order valence-corrected chi connectivity index (χ4v) is 9.23. The second-order valence-corrected chi connectivity index (χ2v) is 16.1.